The molecule has 0 bridgehead atoms. The van der Waals surface area contributed by atoms with Gasteiger partial charge in [-0.25, -0.2) is 18.7 Å². The molecule has 0 unspecified atom stereocenters. The van der Waals surface area contributed by atoms with Gasteiger partial charge < -0.3 is 46.5 Å². The number of nitrogen functional groups attached to an aromatic ring is 2. The topological polar surface area (TPSA) is 339 Å². The third-order valence-corrected chi connectivity index (χ3v) is 6.64. The highest BCUT2D eigenvalue weighted by molar-refractivity contribution is 5.71. The number of anilines is 2. The molecule has 6 rings (SSSR count). The molecule has 21 nitrogen and oxygen atoms in total. The molecule has 6 heterocycles. The number of hydrogen-bond acceptors (Lipinski definition) is 15. The average molecular weight is 582 g/mol. The summed E-state index contributed by atoms with van der Waals surface area (Å²) in [5, 5.41) is 47.5. The third-order valence-electron chi connectivity index (χ3n) is 6.64. The molecule has 4 aromatic heterocycles. The van der Waals surface area contributed by atoms with Crippen molar-refractivity contribution in [1.82, 2.24) is 39.0 Å². The Hall–Kier alpha value is -4.38. The minimum Gasteiger partial charge on any atom is -0.394 e. The minimum absolute atomic E-state index is 0.0188. The number of H-pyrrole nitrogens is 4. The first-order chi connectivity index (χ1) is 19.4. The second kappa shape index (κ2) is 10.5. The minimum atomic E-state index is -1.47. The zero-order valence-corrected chi connectivity index (χ0v) is 20.8. The lowest BCUT2D eigenvalue weighted by Crippen LogP contribution is -2.35. The van der Waals surface area contributed by atoms with E-state index in [2.05, 4.69) is 29.9 Å². The molecule has 0 radical (unpaired) electrons. The molecule has 4 aromatic rings. The van der Waals surface area contributed by atoms with Crippen LogP contribution in [-0.2, 0) is 9.47 Å². The second-order valence-corrected chi connectivity index (χ2v) is 9.24. The maximum atomic E-state index is 12.0. The molecule has 0 aromatic carbocycles. The first kappa shape index (κ1) is 28.2. The second-order valence-electron chi connectivity index (χ2n) is 9.24. The van der Waals surface area contributed by atoms with E-state index in [1.165, 1.54) is 0 Å². The van der Waals surface area contributed by atoms with Crippen LogP contribution in [0.3, 0.4) is 0 Å². The maximum Gasteiger partial charge on any atom is 0.330 e. The summed E-state index contributed by atoms with van der Waals surface area (Å²) in [6.07, 6.45) is -7.60. The highest BCUT2D eigenvalue weighted by atomic mass is 16.6. The Morgan fingerprint density at radius 3 is 1.76 bits per heavy atom. The Kier molecular flexibility index (Phi) is 7.24. The Morgan fingerprint density at radius 1 is 0.756 bits per heavy atom. The monoisotopic (exact) mass is 582 g/mol. The number of nitrogens with zero attached hydrogens (tertiary/aromatic N) is 4. The summed E-state index contributed by atoms with van der Waals surface area (Å²) in [5.74, 6) is -0.348. The van der Waals surface area contributed by atoms with E-state index in [4.69, 9.17) is 31.2 Å². The molecular formula is C20H26N10O11. The van der Waals surface area contributed by atoms with Crippen molar-refractivity contribution >= 4 is 34.2 Å². The lowest BCUT2D eigenvalue weighted by atomic mass is 10.1. The van der Waals surface area contributed by atoms with Crippen LogP contribution in [0.4, 0.5) is 11.9 Å². The summed E-state index contributed by atoms with van der Waals surface area (Å²) in [7, 11) is 0. The smallest absolute Gasteiger partial charge is 0.330 e. The van der Waals surface area contributed by atoms with Crippen LogP contribution in [0.2, 0.25) is 0 Å². The van der Waals surface area contributed by atoms with Gasteiger partial charge in [-0.2, -0.15) is 9.97 Å². The Bertz CT molecular complexity index is 1820. The third kappa shape index (κ3) is 4.80. The first-order valence-electron chi connectivity index (χ1n) is 12.0. The van der Waals surface area contributed by atoms with Gasteiger partial charge in [0.05, 0.1) is 19.3 Å². The summed E-state index contributed by atoms with van der Waals surface area (Å²) in [6.45, 7) is -0.910. The molecule has 13 N–H and O–H groups in total. The van der Waals surface area contributed by atoms with Gasteiger partial charge in [-0.3, -0.25) is 29.5 Å². The van der Waals surface area contributed by atoms with Crippen LogP contribution in [0.1, 0.15) is 18.9 Å². The highest BCUT2D eigenvalue weighted by Crippen LogP contribution is 2.30. The number of hydrogen-bond donors (Lipinski definition) is 11. The molecule has 0 amide bonds. The molecule has 222 valence electrons. The van der Waals surface area contributed by atoms with E-state index in [0.717, 1.165) is 9.13 Å². The highest BCUT2D eigenvalue weighted by Gasteiger charge is 2.45. The Morgan fingerprint density at radius 2 is 1.27 bits per heavy atom. The standard InChI is InChI=1S/C10H13N5O6.C10H13N5O5/c11-9-13-6-3(7(19)14-9)12-10(20)15(6)8-5(18)4(17)2(1-16)21-8;11-9-13-7-6(8(18)14-9)12-10(19)15(7)5-1-3(17)4(2-16)20-5/h2,4-5,8,16-18H,1H2,(H,12,20)(H3,11,13,14,19);3-5,16-17H,1-2H2,(H,12,19)(H3,11,13,14,18)/t2-,4-,5-,8-;3-,4+,5+/m10/s1. The SMILES string of the molecule is Nc1nc2c([nH]c(=O)n2[C@@H]2O[C@H](CO)[C@@H](O)[C@H]2O)c(=O)[nH]1.Nc1nc2c([nH]c(=O)n2[C@H]2C[C@H](O)[C@@H](CO)O2)c(=O)[nH]1. The van der Waals surface area contributed by atoms with E-state index in [9.17, 15) is 34.5 Å². The van der Waals surface area contributed by atoms with Crippen molar-refractivity contribution in [2.24, 2.45) is 0 Å². The van der Waals surface area contributed by atoms with Crippen LogP contribution in [0.25, 0.3) is 22.3 Å². The summed E-state index contributed by atoms with van der Waals surface area (Å²) in [4.78, 5) is 64.2. The number of ether oxygens (including phenoxy) is 2. The molecule has 0 spiro atoms. The van der Waals surface area contributed by atoms with Crippen LogP contribution < -0.4 is 34.0 Å². The molecule has 0 aliphatic carbocycles. The zero-order valence-electron chi connectivity index (χ0n) is 20.8. The van der Waals surface area contributed by atoms with Gasteiger partial charge in [0, 0.05) is 6.42 Å². The van der Waals surface area contributed by atoms with Crippen molar-refractivity contribution in [1.29, 1.82) is 0 Å². The molecule has 21 heteroatoms. The van der Waals surface area contributed by atoms with Gasteiger partial charge in [-0.15, -0.1) is 0 Å². The summed E-state index contributed by atoms with van der Waals surface area (Å²) in [6, 6.07) is 0. The lowest BCUT2D eigenvalue weighted by molar-refractivity contribution is -0.0524. The quantitative estimate of drug-likeness (QED) is 0.107. The first-order valence-corrected chi connectivity index (χ1v) is 12.0. The molecule has 7 atom stereocenters. The van der Waals surface area contributed by atoms with Gasteiger partial charge in [0.2, 0.25) is 11.9 Å². The fraction of sp³-hybridized carbons (Fsp3) is 0.500. The van der Waals surface area contributed by atoms with E-state index in [0.29, 0.717) is 0 Å². The fourth-order valence-electron chi connectivity index (χ4n) is 4.69. The predicted molar refractivity (Wildman–Crippen MR) is 135 cm³/mol. The zero-order chi connectivity index (χ0) is 29.7. The van der Waals surface area contributed by atoms with E-state index < -0.39 is 72.1 Å². The van der Waals surface area contributed by atoms with Crippen molar-refractivity contribution in [3.05, 3.63) is 41.7 Å². The van der Waals surface area contributed by atoms with Gasteiger partial charge in [0.1, 0.15) is 30.6 Å². The number of rotatable bonds is 4. The number of aromatic amines is 4. The summed E-state index contributed by atoms with van der Waals surface area (Å²) in [5.41, 5.74) is 8.09. The number of fused-ring (bicyclic) bond motifs is 2. The maximum absolute atomic E-state index is 12.0. The molecule has 2 aliphatic rings. The van der Waals surface area contributed by atoms with E-state index in [1.807, 2.05) is 0 Å². The number of nitrogens with one attached hydrogen (secondary N) is 4. The van der Waals surface area contributed by atoms with Crippen molar-refractivity contribution in [2.45, 2.75) is 49.4 Å². The predicted octanol–water partition coefficient (Wildman–Crippen LogP) is -5.76. The van der Waals surface area contributed by atoms with Crippen molar-refractivity contribution in [3.63, 3.8) is 0 Å². The van der Waals surface area contributed by atoms with E-state index >= 15 is 0 Å². The van der Waals surface area contributed by atoms with Crippen molar-refractivity contribution in [3.8, 4) is 0 Å². The molecule has 2 aliphatic heterocycles. The Balaban J connectivity index is 0.000000165. The van der Waals surface area contributed by atoms with Crippen LogP contribution in [-0.4, -0.2) is 108 Å². The van der Waals surface area contributed by atoms with Gasteiger partial charge in [0.15, 0.2) is 28.6 Å². The molecular weight excluding hydrogens is 556 g/mol. The van der Waals surface area contributed by atoms with Gasteiger partial charge >= 0.3 is 11.4 Å². The van der Waals surface area contributed by atoms with Crippen LogP contribution in [0.15, 0.2) is 19.2 Å². The van der Waals surface area contributed by atoms with Crippen molar-refractivity contribution in [2.75, 3.05) is 24.7 Å². The van der Waals surface area contributed by atoms with Gasteiger partial charge in [-0.05, 0) is 0 Å². The summed E-state index contributed by atoms with van der Waals surface area (Å²) < 4.78 is 12.6. The van der Waals surface area contributed by atoms with Crippen LogP contribution in [0, 0.1) is 0 Å². The molecule has 2 fully saturated rings. The number of aliphatic hydroxyl groups excluding tert-OH is 5. The number of aromatic nitrogens is 8. The van der Waals surface area contributed by atoms with E-state index in [1.54, 1.807) is 0 Å². The number of imidazole rings is 2. The summed E-state index contributed by atoms with van der Waals surface area (Å²) >= 11 is 0. The number of aliphatic hydroxyl groups is 5. The van der Waals surface area contributed by atoms with Crippen LogP contribution >= 0.6 is 0 Å². The normalized spacial score (nSPS) is 27.9. The fourth-order valence-corrected chi connectivity index (χ4v) is 4.69. The van der Waals surface area contributed by atoms with Gasteiger partial charge in [0.25, 0.3) is 11.1 Å². The molecule has 41 heavy (non-hydrogen) atoms. The molecule has 2 saturated heterocycles. The average Bonchev–Trinajstić information content (AvgIpc) is 3.62. The largest absolute Gasteiger partial charge is 0.394 e. The van der Waals surface area contributed by atoms with Crippen LogP contribution in [0.5, 0.6) is 0 Å². The number of nitrogens with two attached hydrogens (primary N) is 2. The van der Waals surface area contributed by atoms with Gasteiger partial charge in [-0.1, -0.05) is 0 Å². The van der Waals surface area contributed by atoms with Crippen molar-refractivity contribution < 1.29 is 35.0 Å². The van der Waals surface area contributed by atoms with E-state index in [-0.39, 0.29) is 47.3 Å². The Labute approximate surface area is 224 Å². The molecule has 0 saturated carbocycles. The lowest BCUT2D eigenvalue weighted by Gasteiger charge is -2.15.